The van der Waals surface area contributed by atoms with Crippen molar-refractivity contribution in [3.63, 3.8) is 0 Å². The highest BCUT2D eigenvalue weighted by atomic mass is 16.5. The molecule has 0 aliphatic carbocycles. The Morgan fingerprint density at radius 1 is 1.31 bits per heavy atom. The molecule has 1 aromatic rings. The first-order chi connectivity index (χ1) is 12.4. The van der Waals surface area contributed by atoms with E-state index in [9.17, 15) is 14.4 Å². The minimum Gasteiger partial charge on any atom is -0.497 e. The van der Waals surface area contributed by atoms with Gasteiger partial charge in [0.2, 0.25) is 11.8 Å². The largest absolute Gasteiger partial charge is 0.497 e. The van der Waals surface area contributed by atoms with Crippen LogP contribution in [0.25, 0.3) is 0 Å². The van der Waals surface area contributed by atoms with Crippen molar-refractivity contribution in [3.8, 4) is 5.75 Å². The van der Waals surface area contributed by atoms with Crippen molar-refractivity contribution in [1.82, 2.24) is 20.0 Å². The predicted molar refractivity (Wildman–Crippen MR) is 94.5 cm³/mol. The van der Waals surface area contributed by atoms with Crippen molar-refractivity contribution in [2.75, 3.05) is 33.8 Å². The third-order valence-corrected chi connectivity index (χ3v) is 4.91. The zero-order chi connectivity index (χ0) is 18.8. The van der Waals surface area contributed by atoms with Crippen LogP contribution in [-0.4, -0.2) is 78.4 Å². The fraction of sp³-hybridized carbons (Fsp3) is 0.500. The molecule has 2 aliphatic heterocycles. The van der Waals surface area contributed by atoms with Gasteiger partial charge in [-0.2, -0.15) is 0 Å². The number of likely N-dealkylation sites (N-methyl/N-ethyl adjacent to an activating group) is 1. The number of piperazine rings is 1. The number of carbonyl (C=O) groups excluding carboxylic acids is 3. The van der Waals surface area contributed by atoms with Crippen LogP contribution in [-0.2, 0) is 16.1 Å². The minimum atomic E-state index is -0.490. The Balaban J connectivity index is 1.56. The second-order valence-corrected chi connectivity index (χ2v) is 6.75. The van der Waals surface area contributed by atoms with Crippen LogP contribution in [0.5, 0.6) is 5.75 Å². The van der Waals surface area contributed by atoms with Crippen molar-refractivity contribution in [2.45, 2.75) is 25.6 Å². The molecule has 0 radical (unpaired) electrons. The van der Waals surface area contributed by atoms with Gasteiger partial charge in [-0.15, -0.1) is 0 Å². The topological polar surface area (TPSA) is 82.2 Å². The predicted octanol–water partition coefficient (Wildman–Crippen LogP) is 0.278. The number of fused-ring (bicyclic) bond motifs is 1. The molecule has 1 aromatic carbocycles. The molecular formula is C18H24N4O4. The maximum absolute atomic E-state index is 12.6. The van der Waals surface area contributed by atoms with Crippen LogP contribution in [0, 0.1) is 0 Å². The van der Waals surface area contributed by atoms with Crippen LogP contribution >= 0.6 is 0 Å². The number of nitrogens with zero attached hydrogens (tertiary/aromatic N) is 3. The highest BCUT2D eigenvalue weighted by Crippen LogP contribution is 2.24. The molecule has 2 aliphatic rings. The molecule has 0 saturated carbocycles. The van der Waals surface area contributed by atoms with E-state index >= 15 is 0 Å². The van der Waals surface area contributed by atoms with Gasteiger partial charge in [0.25, 0.3) is 0 Å². The molecule has 1 N–H and O–H groups in total. The molecule has 8 heteroatoms. The molecule has 3 rings (SSSR count). The maximum Gasteiger partial charge on any atom is 0.321 e. The second-order valence-electron chi connectivity index (χ2n) is 6.75. The molecule has 0 spiro atoms. The van der Waals surface area contributed by atoms with Gasteiger partial charge in [-0.3, -0.25) is 9.59 Å². The zero-order valence-corrected chi connectivity index (χ0v) is 15.3. The number of carbonyl (C=O) groups is 3. The maximum atomic E-state index is 12.6. The fourth-order valence-electron chi connectivity index (χ4n) is 3.56. The number of ether oxygens (including phenoxy) is 1. The normalized spacial score (nSPS) is 22.5. The lowest BCUT2D eigenvalue weighted by Gasteiger charge is -2.38. The van der Waals surface area contributed by atoms with Crippen LogP contribution < -0.4 is 10.1 Å². The van der Waals surface area contributed by atoms with Gasteiger partial charge in [-0.1, -0.05) is 12.1 Å². The number of urea groups is 1. The van der Waals surface area contributed by atoms with E-state index in [0.717, 1.165) is 11.3 Å². The van der Waals surface area contributed by atoms with Crippen LogP contribution in [0.15, 0.2) is 24.3 Å². The lowest BCUT2D eigenvalue weighted by atomic mass is 10.1. The van der Waals surface area contributed by atoms with E-state index < -0.39 is 6.04 Å². The van der Waals surface area contributed by atoms with Crippen molar-refractivity contribution < 1.29 is 19.1 Å². The van der Waals surface area contributed by atoms with Gasteiger partial charge in [0.1, 0.15) is 18.3 Å². The summed E-state index contributed by atoms with van der Waals surface area (Å²) in [5, 5.41) is 2.82. The number of hydrogen-bond acceptors (Lipinski definition) is 4. The average molecular weight is 360 g/mol. The van der Waals surface area contributed by atoms with Crippen LogP contribution in [0.3, 0.4) is 0 Å². The first kappa shape index (κ1) is 18.0. The molecular weight excluding hydrogens is 336 g/mol. The van der Waals surface area contributed by atoms with Crippen molar-refractivity contribution in [1.29, 1.82) is 0 Å². The molecule has 2 fully saturated rings. The molecule has 140 valence electrons. The number of nitrogens with one attached hydrogen (secondary N) is 1. The van der Waals surface area contributed by atoms with Gasteiger partial charge in [-0.25, -0.2) is 4.79 Å². The molecule has 2 heterocycles. The van der Waals surface area contributed by atoms with Crippen molar-refractivity contribution >= 4 is 17.8 Å². The molecule has 0 bridgehead atoms. The first-order valence-electron chi connectivity index (χ1n) is 8.62. The molecule has 2 saturated heterocycles. The highest BCUT2D eigenvalue weighted by Gasteiger charge is 2.47. The third-order valence-electron chi connectivity index (χ3n) is 4.91. The fourth-order valence-corrected chi connectivity index (χ4v) is 3.56. The molecule has 0 aromatic heterocycles. The highest BCUT2D eigenvalue weighted by molar-refractivity contribution is 5.91. The lowest BCUT2D eigenvalue weighted by Crippen LogP contribution is -2.58. The van der Waals surface area contributed by atoms with E-state index in [4.69, 9.17) is 4.74 Å². The van der Waals surface area contributed by atoms with Gasteiger partial charge < -0.3 is 24.8 Å². The molecule has 2 atom stereocenters. The molecule has 26 heavy (non-hydrogen) atoms. The standard InChI is InChI=1S/C18H24N4O4/c1-12-17(24)20(2)9-14-10-21(18(25)22(12)14)11-16(23)19-8-13-5-4-6-15(7-13)26-3/h4-7,12,14H,8-11H2,1-3H3,(H,19,23)/t12-,14-/m0/s1. The van der Waals surface area contributed by atoms with Gasteiger partial charge in [-0.05, 0) is 24.6 Å². The number of benzene rings is 1. The van der Waals surface area contributed by atoms with Crippen LogP contribution in [0.2, 0.25) is 0 Å². The Hall–Kier alpha value is -2.77. The van der Waals surface area contributed by atoms with Gasteiger partial charge in [0, 0.05) is 26.7 Å². The van der Waals surface area contributed by atoms with E-state index in [1.165, 1.54) is 4.90 Å². The second kappa shape index (κ2) is 7.23. The molecule has 8 nitrogen and oxygen atoms in total. The van der Waals surface area contributed by atoms with Gasteiger partial charge in [0.15, 0.2) is 0 Å². The van der Waals surface area contributed by atoms with Gasteiger partial charge >= 0.3 is 6.03 Å². The zero-order valence-electron chi connectivity index (χ0n) is 15.3. The van der Waals surface area contributed by atoms with E-state index in [2.05, 4.69) is 5.32 Å². The summed E-state index contributed by atoms with van der Waals surface area (Å²) < 4.78 is 5.16. The monoisotopic (exact) mass is 360 g/mol. The number of methoxy groups -OCH3 is 1. The van der Waals surface area contributed by atoms with E-state index in [1.807, 2.05) is 24.3 Å². The molecule has 0 unspecified atom stereocenters. The third kappa shape index (κ3) is 3.44. The number of hydrogen-bond donors (Lipinski definition) is 1. The average Bonchev–Trinajstić information content (AvgIpc) is 2.93. The summed E-state index contributed by atoms with van der Waals surface area (Å²) in [6.07, 6.45) is 0. The van der Waals surface area contributed by atoms with E-state index in [1.54, 1.807) is 30.9 Å². The summed E-state index contributed by atoms with van der Waals surface area (Å²) >= 11 is 0. The number of amides is 4. The van der Waals surface area contributed by atoms with Crippen LogP contribution in [0.1, 0.15) is 12.5 Å². The van der Waals surface area contributed by atoms with E-state index in [-0.39, 0.29) is 30.4 Å². The van der Waals surface area contributed by atoms with E-state index in [0.29, 0.717) is 19.6 Å². The summed E-state index contributed by atoms with van der Waals surface area (Å²) in [6, 6.07) is 6.64. The Morgan fingerprint density at radius 3 is 2.81 bits per heavy atom. The number of rotatable bonds is 5. The van der Waals surface area contributed by atoms with Crippen molar-refractivity contribution in [2.24, 2.45) is 0 Å². The summed E-state index contributed by atoms with van der Waals surface area (Å²) in [6.45, 7) is 3.03. The Labute approximate surface area is 152 Å². The van der Waals surface area contributed by atoms with Crippen LogP contribution in [0.4, 0.5) is 4.79 Å². The summed E-state index contributed by atoms with van der Waals surface area (Å²) in [7, 11) is 3.33. The summed E-state index contributed by atoms with van der Waals surface area (Å²) in [5.74, 6) is 0.429. The van der Waals surface area contributed by atoms with Gasteiger partial charge in [0.05, 0.1) is 13.2 Å². The minimum absolute atomic E-state index is 0.0135. The molecule has 4 amide bonds. The smallest absolute Gasteiger partial charge is 0.321 e. The first-order valence-corrected chi connectivity index (χ1v) is 8.62. The SMILES string of the molecule is COc1cccc(CNC(=O)CN2C[C@@H]3CN(C)C(=O)[C@H](C)N3C2=O)c1. The summed E-state index contributed by atoms with van der Waals surface area (Å²) in [4.78, 5) is 41.7. The lowest BCUT2D eigenvalue weighted by molar-refractivity contribution is -0.139. The Morgan fingerprint density at radius 2 is 2.08 bits per heavy atom. The Kier molecular flexibility index (Phi) is 5.01. The Bertz CT molecular complexity index is 723. The van der Waals surface area contributed by atoms with Crippen molar-refractivity contribution in [3.05, 3.63) is 29.8 Å². The summed E-state index contributed by atoms with van der Waals surface area (Å²) in [5.41, 5.74) is 0.920. The quantitative estimate of drug-likeness (QED) is 0.818.